The second-order valence-corrected chi connectivity index (χ2v) is 5.41. The summed E-state index contributed by atoms with van der Waals surface area (Å²) in [6.45, 7) is 0. The lowest BCUT2D eigenvalue weighted by molar-refractivity contribution is 0.474. The highest BCUT2D eigenvalue weighted by Crippen LogP contribution is 2.37. The summed E-state index contributed by atoms with van der Waals surface area (Å²) < 4.78 is 11.7. The number of phenolic OH excluding ortho intramolecular Hbond substituents is 2. The molecule has 0 unspecified atom stereocenters. The third-order valence-electron chi connectivity index (χ3n) is 4.03. The third-order valence-corrected chi connectivity index (χ3v) is 4.03. The van der Waals surface area contributed by atoms with Gasteiger partial charge in [-0.2, -0.15) is 0 Å². The first-order valence-electron chi connectivity index (χ1n) is 6.89. The van der Waals surface area contributed by atoms with Gasteiger partial charge in [-0.15, -0.1) is 0 Å². The summed E-state index contributed by atoms with van der Waals surface area (Å²) in [6, 6.07) is 14.0. The first kappa shape index (κ1) is 11.5. The van der Waals surface area contributed by atoms with E-state index in [-0.39, 0.29) is 11.5 Å². The molecule has 0 bridgehead atoms. The van der Waals surface area contributed by atoms with Crippen molar-refractivity contribution >= 4 is 43.9 Å². The van der Waals surface area contributed by atoms with Gasteiger partial charge in [-0.05, 0) is 36.4 Å². The minimum Gasteiger partial charge on any atom is -0.508 e. The van der Waals surface area contributed by atoms with Crippen LogP contribution in [0.1, 0.15) is 0 Å². The van der Waals surface area contributed by atoms with Crippen LogP contribution in [-0.2, 0) is 0 Å². The highest BCUT2D eigenvalue weighted by atomic mass is 16.3. The van der Waals surface area contributed by atoms with E-state index in [1.807, 2.05) is 24.3 Å². The van der Waals surface area contributed by atoms with Crippen LogP contribution in [0.2, 0.25) is 0 Å². The smallest absolute Gasteiger partial charge is 0.139 e. The molecule has 5 aromatic rings. The van der Waals surface area contributed by atoms with Crippen molar-refractivity contribution in [3.8, 4) is 11.5 Å². The summed E-state index contributed by atoms with van der Waals surface area (Å²) in [4.78, 5) is 0. The van der Waals surface area contributed by atoms with Crippen molar-refractivity contribution in [1.82, 2.24) is 0 Å². The largest absolute Gasteiger partial charge is 0.508 e. The molecule has 0 fully saturated rings. The maximum absolute atomic E-state index is 9.57. The van der Waals surface area contributed by atoms with Crippen LogP contribution in [-0.4, -0.2) is 10.2 Å². The summed E-state index contributed by atoms with van der Waals surface area (Å²) in [6.07, 6.45) is 0. The lowest BCUT2D eigenvalue weighted by Crippen LogP contribution is -1.69. The molecule has 2 N–H and O–H groups in total. The first-order valence-corrected chi connectivity index (χ1v) is 6.89. The van der Waals surface area contributed by atoms with Gasteiger partial charge < -0.3 is 19.0 Å². The maximum Gasteiger partial charge on any atom is 0.139 e. The van der Waals surface area contributed by atoms with Crippen LogP contribution in [0.3, 0.4) is 0 Å². The molecule has 0 amide bonds. The van der Waals surface area contributed by atoms with E-state index in [0.717, 1.165) is 32.7 Å². The summed E-state index contributed by atoms with van der Waals surface area (Å²) >= 11 is 0. The van der Waals surface area contributed by atoms with E-state index in [9.17, 15) is 10.2 Å². The molecule has 5 rings (SSSR count). The Morgan fingerprint density at radius 3 is 1.36 bits per heavy atom. The van der Waals surface area contributed by atoms with Crippen molar-refractivity contribution in [2.24, 2.45) is 0 Å². The molecular weight excluding hydrogens is 280 g/mol. The van der Waals surface area contributed by atoms with E-state index in [1.165, 1.54) is 0 Å². The summed E-state index contributed by atoms with van der Waals surface area (Å²) in [5, 5.41) is 22.9. The molecule has 0 saturated carbocycles. The van der Waals surface area contributed by atoms with Gasteiger partial charge in [0, 0.05) is 33.7 Å². The Bertz CT molecular complexity index is 1100. The first-order chi connectivity index (χ1) is 10.7. The van der Waals surface area contributed by atoms with Crippen LogP contribution >= 0.6 is 0 Å². The van der Waals surface area contributed by atoms with Crippen LogP contribution in [0.4, 0.5) is 0 Å². The number of phenols is 2. The average molecular weight is 290 g/mol. The van der Waals surface area contributed by atoms with Gasteiger partial charge in [0.05, 0.1) is 0 Å². The van der Waals surface area contributed by atoms with Gasteiger partial charge in [-0.25, -0.2) is 0 Å². The normalized spacial score (nSPS) is 12.0. The molecule has 0 radical (unpaired) electrons. The monoisotopic (exact) mass is 290 g/mol. The zero-order chi connectivity index (χ0) is 14.8. The summed E-state index contributed by atoms with van der Waals surface area (Å²) in [5.74, 6) is 0.354. The fourth-order valence-corrected chi connectivity index (χ4v) is 3.02. The van der Waals surface area contributed by atoms with Crippen LogP contribution in [0.15, 0.2) is 57.4 Å². The van der Waals surface area contributed by atoms with Crippen molar-refractivity contribution in [1.29, 1.82) is 0 Å². The average Bonchev–Trinajstić information content (AvgIpc) is 3.00. The zero-order valence-corrected chi connectivity index (χ0v) is 11.3. The Balaban J connectivity index is 1.97. The Morgan fingerprint density at radius 2 is 0.909 bits per heavy atom. The van der Waals surface area contributed by atoms with Gasteiger partial charge in [0.2, 0.25) is 0 Å². The van der Waals surface area contributed by atoms with Crippen LogP contribution in [0, 0.1) is 0 Å². The Hall–Kier alpha value is -3.14. The fraction of sp³-hybridized carbons (Fsp3) is 0. The molecule has 3 aromatic carbocycles. The molecule has 2 heterocycles. The van der Waals surface area contributed by atoms with E-state index in [4.69, 9.17) is 8.83 Å². The predicted octanol–water partition coefficient (Wildman–Crippen LogP) is 4.90. The predicted molar refractivity (Wildman–Crippen MR) is 84.3 cm³/mol. The van der Waals surface area contributed by atoms with Crippen molar-refractivity contribution in [2.75, 3.05) is 0 Å². The minimum atomic E-state index is 0.177. The van der Waals surface area contributed by atoms with Gasteiger partial charge in [0.25, 0.3) is 0 Å². The number of hydrogen-bond acceptors (Lipinski definition) is 4. The summed E-state index contributed by atoms with van der Waals surface area (Å²) in [5.41, 5.74) is 2.77. The maximum atomic E-state index is 9.57. The summed E-state index contributed by atoms with van der Waals surface area (Å²) in [7, 11) is 0. The molecule has 2 aromatic heterocycles. The van der Waals surface area contributed by atoms with E-state index in [2.05, 4.69) is 0 Å². The number of furan rings is 2. The second kappa shape index (κ2) is 3.74. The van der Waals surface area contributed by atoms with Crippen molar-refractivity contribution < 1.29 is 19.0 Å². The molecule has 4 heteroatoms. The third kappa shape index (κ3) is 1.41. The molecule has 0 atom stereocenters. The van der Waals surface area contributed by atoms with Crippen molar-refractivity contribution in [3.05, 3.63) is 48.5 Å². The van der Waals surface area contributed by atoms with Gasteiger partial charge in [-0.1, -0.05) is 0 Å². The van der Waals surface area contributed by atoms with Crippen LogP contribution in [0.25, 0.3) is 43.9 Å². The molecule has 22 heavy (non-hydrogen) atoms. The van der Waals surface area contributed by atoms with E-state index in [1.54, 1.807) is 24.3 Å². The number of fused-ring (bicyclic) bond motifs is 6. The molecular formula is C18H10O4. The molecule has 0 aliphatic carbocycles. The Morgan fingerprint density at radius 1 is 0.500 bits per heavy atom. The molecule has 4 nitrogen and oxygen atoms in total. The topological polar surface area (TPSA) is 66.7 Å². The molecule has 0 aliphatic rings. The number of benzene rings is 3. The number of rotatable bonds is 0. The minimum absolute atomic E-state index is 0.177. The number of aromatic hydroxyl groups is 2. The molecule has 0 saturated heterocycles. The zero-order valence-electron chi connectivity index (χ0n) is 11.3. The molecule has 0 spiro atoms. The number of hydrogen-bond donors (Lipinski definition) is 2. The lowest BCUT2D eigenvalue weighted by atomic mass is 10.1. The quantitative estimate of drug-likeness (QED) is 0.426. The van der Waals surface area contributed by atoms with E-state index >= 15 is 0 Å². The van der Waals surface area contributed by atoms with Crippen molar-refractivity contribution in [3.63, 3.8) is 0 Å². The Kier molecular flexibility index (Phi) is 1.96. The highest BCUT2D eigenvalue weighted by molar-refractivity contribution is 6.14. The van der Waals surface area contributed by atoms with Gasteiger partial charge in [0.15, 0.2) is 0 Å². The van der Waals surface area contributed by atoms with Gasteiger partial charge in [-0.3, -0.25) is 0 Å². The lowest BCUT2D eigenvalue weighted by Gasteiger charge is -1.91. The molecule has 0 aliphatic heterocycles. The molecule has 106 valence electrons. The van der Waals surface area contributed by atoms with Gasteiger partial charge in [0.1, 0.15) is 33.8 Å². The standard InChI is InChI=1S/C18H10O4/c19-9-1-3-11-13-7-18-14(8-17(13)21-15(11)5-9)12-4-2-10(20)6-16(12)22-18/h1-8,19-20H. The van der Waals surface area contributed by atoms with E-state index < -0.39 is 0 Å². The van der Waals surface area contributed by atoms with Crippen LogP contribution < -0.4 is 0 Å². The van der Waals surface area contributed by atoms with Crippen molar-refractivity contribution in [2.45, 2.75) is 0 Å². The fourth-order valence-electron chi connectivity index (χ4n) is 3.02. The Labute approximate surface area is 123 Å². The SMILES string of the molecule is Oc1ccc2c(c1)oc1cc3c(cc12)oc1cc(O)ccc13. The highest BCUT2D eigenvalue weighted by Gasteiger charge is 2.13. The second-order valence-electron chi connectivity index (χ2n) is 5.41. The van der Waals surface area contributed by atoms with Crippen LogP contribution in [0.5, 0.6) is 11.5 Å². The van der Waals surface area contributed by atoms with Gasteiger partial charge >= 0.3 is 0 Å². The van der Waals surface area contributed by atoms with E-state index in [0.29, 0.717) is 11.2 Å².